The lowest BCUT2D eigenvalue weighted by molar-refractivity contribution is 1.07. The van der Waals surface area contributed by atoms with E-state index >= 15 is 0 Å². The van der Waals surface area contributed by atoms with E-state index in [0.717, 1.165) is 28.2 Å². The Kier molecular flexibility index (Phi) is 7.82. The number of benzene rings is 9. The molecule has 0 fully saturated rings. The molecule has 0 radical (unpaired) electrons. The Hall–Kier alpha value is -8.27. The minimum atomic E-state index is 1.01. The van der Waals surface area contributed by atoms with E-state index in [1.165, 1.54) is 98.2 Å². The number of hydrogen-bond donors (Lipinski definition) is 0. The smallest absolute Gasteiger partial charge is 0.0781 e. The van der Waals surface area contributed by atoms with E-state index in [1.54, 1.807) is 0 Å². The highest BCUT2D eigenvalue weighted by Gasteiger charge is 2.23. The Morgan fingerprint density at radius 2 is 1.08 bits per heavy atom. The van der Waals surface area contributed by atoms with Crippen molar-refractivity contribution in [3.05, 3.63) is 223 Å². The van der Waals surface area contributed by atoms with Gasteiger partial charge in [0.2, 0.25) is 0 Å². The molecule has 0 N–H and O–H groups in total. The van der Waals surface area contributed by atoms with E-state index in [1.807, 2.05) is 0 Å². The predicted octanol–water partition coefficient (Wildman–Crippen LogP) is 14.0. The summed E-state index contributed by atoms with van der Waals surface area (Å²) in [5, 5.41) is 11.1. The van der Waals surface area contributed by atoms with E-state index in [-0.39, 0.29) is 0 Å². The van der Waals surface area contributed by atoms with Crippen LogP contribution in [0, 0.1) is 0 Å². The minimum Gasteiger partial charge on any atom is -0.309 e. The Labute approximate surface area is 364 Å². The third-order valence-corrected chi connectivity index (χ3v) is 13.2. The quantitative estimate of drug-likeness (QED) is 0.170. The van der Waals surface area contributed by atoms with Crippen molar-refractivity contribution in [2.45, 2.75) is 6.92 Å². The highest BCUT2D eigenvalue weighted by atomic mass is 15.0. The van der Waals surface area contributed by atoms with Crippen LogP contribution >= 0.6 is 0 Å². The first-order valence-corrected chi connectivity index (χ1v) is 21.7. The van der Waals surface area contributed by atoms with Crippen LogP contribution in [0.4, 0.5) is 0 Å². The van der Waals surface area contributed by atoms with Crippen LogP contribution in [0.5, 0.6) is 0 Å². The lowest BCUT2D eigenvalue weighted by atomic mass is 9.98. The lowest BCUT2D eigenvalue weighted by Crippen LogP contribution is -2.28. The van der Waals surface area contributed by atoms with Crippen molar-refractivity contribution in [3.63, 3.8) is 0 Å². The first-order chi connectivity index (χ1) is 31.2. The number of para-hydroxylation sites is 3. The monoisotopic (exact) mass is 801 g/mol. The van der Waals surface area contributed by atoms with Gasteiger partial charge in [0, 0.05) is 60.8 Å². The average Bonchev–Trinajstić information content (AvgIpc) is 3.97. The van der Waals surface area contributed by atoms with Gasteiger partial charge in [-0.1, -0.05) is 152 Å². The van der Waals surface area contributed by atoms with Crippen LogP contribution in [0.1, 0.15) is 12.5 Å². The molecule has 0 aliphatic heterocycles. The van der Waals surface area contributed by atoms with Gasteiger partial charge in [0.05, 0.1) is 27.6 Å². The maximum atomic E-state index is 5.14. The van der Waals surface area contributed by atoms with Crippen molar-refractivity contribution in [1.29, 1.82) is 0 Å². The Morgan fingerprint density at radius 3 is 1.90 bits per heavy atom. The zero-order chi connectivity index (χ0) is 41.6. The highest BCUT2D eigenvalue weighted by Crippen LogP contribution is 2.48. The third kappa shape index (κ3) is 5.43. The van der Waals surface area contributed by atoms with Crippen molar-refractivity contribution in [2.75, 3.05) is 0 Å². The van der Waals surface area contributed by atoms with Gasteiger partial charge in [-0.2, -0.15) is 0 Å². The first kappa shape index (κ1) is 35.5. The molecule has 0 amide bonds. The summed E-state index contributed by atoms with van der Waals surface area (Å²) in [6.45, 7) is 2.13. The van der Waals surface area contributed by atoms with Gasteiger partial charge in [-0.05, 0) is 112 Å². The largest absolute Gasteiger partial charge is 0.309 e. The van der Waals surface area contributed by atoms with Crippen molar-refractivity contribution < 1.29 is 0 Å². The number of pyridine rings is 1. The second-order valence-corrected chi connectivity index (χ2v) is 16.7. The molecule has 0 bridgehead atoms. The molecule has 3 heteroatoms. The fourth-order valence-electron chi connectivity index (χ4n) is 10.4. The van der Waals surface area contributed by atoms with Gasteiger partial charge < -0.3 is 9.13 Å². The molecule has 0 unspecified atom stereocenters. The maximum absolute atomic E-state index is 5.14. The van der Waals surface area contributed by atoms with Crippen LogP contribution in [0.3, 0.4) is 0 Å². The van der Waals surface area contributed by atoms with Gasteiger partial charge >= 0.3 is 0 Å². The van der Waals surface area contributed by atoms with Crippen LogP contribution in [-0.2, 0) is 0 Å². The number of rotatable bonds is 5. The number of hydrogen-bond acceptors (Lipinski definition) is 1. The molecule has 3 nitrogen and oxygen atoms in total. The molecule has 12 aromatic rings. The maximum Gasteiger partial charge on any atom is 0.0781 e. The zero-order valence-electron chi connectivity index (χ0n) is 34.6. The summed E-state index contributed by atoms with van der Waals surface area (Å²) in [7, 11) is 0. The fourth-order valence-corrected chi connectivity index (χ4v) is 10.4. The summed E-state index contributed by atoms with van der Waals surface area (Å²) >= 11 is 0. The van der Waals surface area contributed by atoms with Crippen molar-refractivity contribution in [1.82, 2.24) is 14.1 Å². The lowest BCUT2D eigenvalue weighted by Gasteiger charge is -2.13. The van der Waals surface area contributed by atoms with Crippen LogP contribution in [0.15, 0.2) is 206 Å². The van der Waals surface area contributed by atoms with E-state index in [2.05, 4.69) is 235 Å². The van der Waals surface area contributed by atoms with Crippen molar-refractivity contribution >= 4 is 66.4 Å². The molecule has 63 heavy (non-hydrogen) atoms. The molecule has 13 rings (SSSR count). The second kappa shape index (κ2) is 13.9. The topological polar surface area (TPSA) is 22.8 Å². The van der Waals surface area contributed by atoms with E-state index in [0.29, 0.717) is 0 Å². The van der Waals surface area contributed by atoms with Crippen LogP contribution in [0.2, 0.25) is 0 Å². The molecule has 294 valence electrons. The summed E-state index contributed by atoms with van der Waals surface area (Å²) in [6, 6.07) is 73.0. The summed E-state index contributed by atoms with van der Waals surface area (Å²) in [4.78, 5) is 5.14. The fraction of sp³-hybridized carbons (Fsp3) is 0.0167. The summed E-state index contributed by atoms with van der Waals surface area (Å²) < 4.78 is 4.80. The number of aromatic nitrogens is 3. The molecule has 3 heterocycles. The molecule has 0 saturated heterocycles. The van der Waals surface area contributed by atoms with Crippen LogP contribution < -0.4 is 10.6 Å². The third-order valence-electron chi connectivity index (χ3n) is 13.2. The average molecular weight is 802 g/mol. The molecular weight excluding hydrogens is 763 g/mol. The Morgan fingerprint density at radius 1 is 0.413 bits per heavy atom. The predicted molar refractivity (Wildman–Crippen MR) is 265 cm³/mol. The highest BCUT2D eigenvalue weighted by molar-refractivity contribution is 6.18. The molecule has 9 aromatic carbocycles. The Bertz CT molecular complexity index is 3930. The van der Waals surface area contributed by atoms with Crippen molar-refractivity contribution in [3.8, 4) is 56.0 Å². The summed E-state index contributed by atoms with van der Waals surface area (Å²) in [5.41, 5.74) is 16.6. The van der Waals surface area contributed by atoms with Gasteiger partial charge in [0.15, 0.2) is 0 Å². The molecule has 0 spiro atoms. The molecule has 3 aromatic heterocycles. The second-order valence-electron chi connectivity index (χ2n) is 16.7. The van der Waals surface area contributed by atoms with Crippen molar-refractivity contribution in [2.24, 2.45) is 0 Å². The summed E-state index contributed by atoms with van der Waals surface area (Å²) in [5.74, 6) is 0. The normalized spacial score (nSPS) is 12.7. The summed E-state index contributed by atoms with van der Waals surface area (Å²) in [6.07, 6.45) is 6.62. The molecule has 1 aliphatic carbocycles. The van der Waals surface area contributed by atoms with Gasteiger partial charge in [-0.3, -0.25) is 4.98 Å². The number of nitrogens with zero attached hydrogens (tertiary/aromatic N) is 3. The molecule has 0 saturated carbocycles. The zero-order valence-corrected chi connectivity index (χ0v) is 34.6. The SMILES string of the molecule is C/C=c1\c(=C/c2ccc(-c3ccc4cc5c(cc4c3)c3ccccc3n5-c3cccc(-c4ncc5c6c(cccc46)-c4ccccc4-5)c3)cc2)n(-c2ccccc2)c2ccccc12. The van der Waals surface area contributed by atoms with E-state index in [9.17, 15) is 0 Å². The van der Waals surface area contributed by atoms with Gasteiger partial charge in [-0.25, -0.2) is 0 Å². The standard InChI is InChI=1S/C60H39N3/c1-2-46-49-20-8-10-24-55(49)62(44-15-4-3-5-16-44)57(46)32-38-26-28-39(29-27-38)40-30-31-41-36-58-53(35-43(41)33-40)50-21-9-11-25-56(50)63(58)45-17-12-14-42(34-45)60-52-23-13-22-51-47-18-6-7-19-48(47)54(37-61-60)59(51)52/h2-37H,1H3/b46-2-,57-32+. The van der Waals surface area contributed by atoms with Crippen LogP contribution in [-0.4, -0.2) is 14.1 Å². The molecule has 0 atom stereocenters. The van der Waals surface area contributed by atoms with Gasteiger partial charge in [0.25, 0.3) is 0 Å². The van der Waals surface area contributed by atoms with Gasteiger partial charge in [0.1, 0.15) is 0 Å². The van der Waals surface area contributed by atoms with E-state index < -0.39 is 0 Å². The van der Waals surface area contributed by atoms with Crippen LogP contribution in [0.25, 0.3) is 122 Å². The number of fused-ring (bicyclic) bond motifs is 8. The first-order valence-electron chi connectivity index (χ1n) is 21.7. The molecular formula is C60H39N3. The van der Waals surface area contributed by atoms with Gasteiger partial charge in [-0.15, -0.1) is 0 Å². The minimum absolute atomic E-state index is 1.01. The van der Waals surface area contributed by atoms with E-state index in [4.69, 9.17) is 4.98 Å². The molecule has 1 aliphatic rings. The Balaban J connectivity index is 0.895.